The number of carbonyl (C=O) groups excluding carboxylic acids is 1. The zero-order valence-electron chi connectivity index (χ0n) is 21.7. The van der Waals surface area contributed by atoms with E-state index >= 15 is 4.39 Å². The van der Waals surface area contributed by atoms with Crippen molar-refractivity contribution in [2.75, 3.05) is 18.4 Å². The number of benzene rings is 1. The number of H-pyrrole nitrogens is 1. The van der Waals surface area contributed by atoms with E-state index in [1.54, 1.807) is 12.3 Å². The summed E-state index contributed by atoms with van der Waals surface area (Å²) in [5, 5.41) is 21.9. The quantitative estimate of drug-likeness (QED) is 0.301. The van der Waals surface area contributed by atoms with E-state index in [1.165, 1.54) is 6.07 Å². The Morgan fingerprint density at radius 1 is 1.24 bits per heavy atom. The Hall–Kier alpha value is -3.86. The molecule has 3 aromatic heterocycles. The van der Waals surface area contributed by atoms with Gasteiger partial charge in [0.25, 0.3) is 11.7 Å². The molecule has 4 N–H and O–H groups in total. The number of amides is 1. The molecule has 1 saturated heterocycles. The molecule has 11 heteroatoms. The minimum atomic E-state index is -0.786. The lowest BCUT2D eigenvalue weighted by Crippen LogP contribution is -2.38. The van der Waals surface area contributed by atoms with Crippen LogP contribution >= 0.6 is 0 Å². The number of carbonyl (C=O) groups is 1. The molecule has 1 aromatic carbocycles. The van der Waals surface area contributed by atoms with Gasteiger partial charge in [0, 0.05) is 29.8 Å². The van der Waals surface area contributed by atoms with Crippen molar-refractivity contribution in [3.63, 3.8) is 0 Å². The minimum Gasteiger partial charge on any atom is -0.364 e. The number of halogens is 1. The number of hydrogen-bond donors (Lipinski definition) is 4. The van der Waals surface area contributed by atoms with Gasteiger partial charge in [0.05, 0.1) is 10.9 Å². The van der Waals surface area contributed by atoms with Crippen LogP contribution in [0.15, 0.2) is 35.0 Å². The molecule has 4 heterocycles. The molecule has 1 atom stereocenters. The van der Waals surface area contributed by atoms with Gasteiger partial charge >= 0.3 is 0 Å². The van der Waals surface area contributed by atoms with Crippen LogP contribution in [-0.4, -0.2) is 50.4 Å². The van der Waals surface area contributed by atoms with Gasteiger partial charge in [-0.25, -0.2) is 9.37 Å². The van der Waals surface area contributed by atoms with Crippen LogP contribution in [0, 0.1) is 5.82 Å². The maximum atomic E-state index is 15.6. The van der Waals surface area contributed by atoms with Crippen molar-refractivity contribution >= 4 is 22.8 Å². The highest BCUT2D eigenvalue weighted by atomic mass is 19.1. The van der Waals surface area contributed by atoms with Crippen molar-refractivity contribution < 1.29 is 13.7 Å². The topological polar surface area (TPSA) is 134 Å². The van der Waals surface area contributed by atoms with Crippen molar-refractivity contribution in [2.45, 2.75) is 63.5 Å². The summed E-state index contributed by atoms with van der Waals surface area (Å²) in [5.41, 5.74) is 1.46. The number of nitrogens with zero attached hydrogens (tertiary/aromatic N) is 4. The number of aromatic nitrogens is 5. The Labute approximate surface area is 219 Å². The number of nitrogens with one attached hydrogen (secondary N) is 4. The first kappa shape index (κ1) is 24.5. The van der Waals surface area contributed by atoms with Crippen LogP contribution in [0.4, 0.5) is 10.2 Å². The van der Waals surface area contributed by atoms with Crippen LogP contribution in [0.5, 0.6) is 0 Å². The summed E-state index contributed by atoms with van der Waals surface area (Å²) in [6.07, 6.45) is 5.09. The summed E-state index contributed by atoms with van der Waals surface area (Å²) >= 11 is 0. The van der Waals surface area contributed by atoms with Crippen LogP contribution in [0.2, 0.25) is 0 Å². The zero-order valence-corrected chi connectivity index (χ0v) is 21.7. The van der Waals surface area contributed by atoms with Crippen LogP contribution in [0.3, 0.4) is 0 Å². The van der Waals surface area contributed by atoms with Gasteiger partial charge in [-0.15, -0.1) is 0 Å². The molecule has 198 valence electrons. The Balaban J connectivity index is 1.26. The number of aromatic amines is 1. The van der Waals surface area contributed by atoms with E-state index in [1.807, 2.05) is 32.9 Å². The van der Waals surface area contributed by atoms with Crippen LogP contribution in [-0.2, 0) is 11.0 Å². The van der Waals surface area contributed by atoms with Gasteiger partial charge in [-0.1, -0.05) is 38.1 Å². The maximum absolute atomic E-state index is 15.6. The summed E-state index contributed by atoms with van der Waals surface area (Å²) < 4.78 is 20.9. The molecule has 1 aliphatic carbocycles. The molecule has 4 aromatic rings. The highest BCUT2D eigenvalue weighted by Gasteiger charge is 2.48. The Morgan fingerprint density at radius 2 is 2.08 bits per heavy atom. The Bertz CT molecular complexity index is 1490. The molecule has 2 fully saturated rings. The predicted octanol–water partition coefficient (Wildman–Crippen LogP) is 4.03. The van der Waals surface area contributed by atoms with Gasteiger partial charge in [0.2, 0.25) is 5.89 Å². The largest absolute Gasteiger partial charge is 0.364 e. The smallest absolute Gasteiger partial charge is 0.293 e. The van der Waals surface area contributed by atoms with Crippen LogP contribution in [0.25, 0.3) is 22.2 Å². The summed E-state index contributed by atoms with van der Waals surface area (Å²) in [6.45, 7) is 7.66. The summed E-state index contributed by atoms with van der Waals surface area (Å²) in [7, 11) is 0. The van der Waals surface area contributed by atoms with Gasteiger partial charge in [-0.05, 0) is 55.5 Å². The van der Waals surface area contributed by atoms with Crippen molar-refractivity contribution in [1.29, 1.82) is 0 Å². The lowest BCUT2D eigenvalue weighted by molar-refractivity contribution is 0.0916. The average molecular weight is 519 g/mol. The van der Waals surface area contributed by atoms with E-state index in [0.29, 0.717) is 41.3 Å². The first-order chi connectivity index (χ1) is 18.2. The molecule has 0 bridgehead atoms. The van der Waals surface area contributed by atoms with Crippen molar-refractivity contribution in [2.24, 2.45) is 0 Å². The number of fused-ring (bicyclic) bond motifs is 1. The molecule has 1 aliphatic heterocycles. The van der Waals surface area contributed by atoms with E-state index in [4.69, 9.17) is 4.52 Å². The standard InChI is InChI=1S/C27H31FN8O2/c1-26(2,3)25-32-23(36-38-25)24(37)33-27(9-10-27)18-7-6-15(13-19(18)28)17-8-12-30-21-20(17)22(35-34-21)31-16-5-4-11-29-14-16/h6-8,12-13,16,29H,4-5,9-11,14H2,1-3H3,(H,33,37)(H2,30,31,34,35)/t16-/m1/s1. The Kier molecular flexibility index (Phi) is 5.90. The van der Waals surface area contributed by atoms with Crippen molar-refractivity contribution in [3.05, 3.63) is 53.6 Å². The third-order valence-corrected chi connectivity index (χ3v) is 7.27. The second kappa shape index (κ2) is 9.16. The molecule has 0 unspecified atom stereocenters. The molecule has 1 amide bonds. The summed E-state index contributed by atoms with van der Waals surface area (Å²) in [6, 6.07) is 7.28. The molecule has 0 spiro atoms. The second-order valence-corrected chi connectivity index (χ2v) is 11.2. The van der Waals surface area contributed by atoms with E-state index in [-0.39, 0.29) is 23.1 Å². The van der Waals surface area contributed by atoms with Crippen LogP contribution < -0.4 is 16.0 Å². The predicted molar refractivity (Wildman–Crippen MR) is 140 cm³/mol. The lowest BCUT2D eigenvalue weighted by atomic mass is 9.97. The summed E-state index contributed by atoms with van der Waals surface area (Å²) in [4.78, 5) is 21.5. The molecule has 38 heavy (non-hydrogen) atoms. The van der Waals surface area contributed by atoms with Gasteiger partial charge in [0.15, 0.2) is 11.5 Å². The number of hydrogen-bond acceptors (Lipinski definition) is 8. The van der Waals surface area contributed by atoms with Crippen LogP contribution in [0.1, 0.15) is 68.5 Å². The first-order valence-electron chi connectivity index (χ1n) is 13.0. The third-order valence-electron chi connectivity index (χ3n) is 7.27. The zero-order chi connectivity index (χ0) is 26.5. The molecule has 2 aliphatic rings. The molecule has 1 saturated carbocycles. The Morgan fingerprint density at radius 3 is 2.76 bits per heavy atom. The van der Waals surface area contributed by atoms with Gasteiger partial charge in [0.1, 0.15) is 5.82 Å². The lowest BCUT2D eigenvalue weighted by Gasteiger charge is -2.24. The maximum Gasteiger partial charge on any atom is 0.293 e. The number of pyridine rings is 1. The normalized spacial score (nSPS) is 18.9. The highest BCUT2D eigenvalue weighted by molar-refractivity contribution is 6.00. The fourth-order valence-electron chi connectivity index (χ4n) is 5.02. The second-order valence-electron chi connectivity index (χ2n) is 11.2. The van der Waals surface area contributed by atoms with Crippen molar-refractivity contribution in [3.8, 4) is 11.1 Å². The third kappa shape index (κ3) is 4.51. The van der Waals surface area contributed by atoms with E-state index in [0.717, 1.165) is 36.9 Å². The summed E-state index contributed by atoms with van der Waals surface area (Å²) in [5.74, 6) is 0.169. The SMILES string of the molecule is CC(C)(C)c1nc(C(=O)NC2(c3ccc(-c4ccnc5[nH]nc(N[C@@H]6CCCNC6)c45)cc3F)CC2)no1. The number of rotatable bonds is 6. The highest BCUT2D eigenvalue weighted by Crippen LogP contribution is 2.47. The molecular weight excluding hydrogens is 487 g/mol. The minimum absolute atomic E-state index is 0.0504. The number of piperidine rings is 1. The van der Waals surface area contributed by atoms with E-state index in [2.05, 4.69) is 41.3 Å². The monoisotopic (exact) mass is 518 g/mol. The fraction of sp³-hybridized carbons (Fsp3) is 0.444. The molecule has 0 radical (unpaired) electrons. The number of anilines is 1. The fourth-order valence-corrected chi connectivity index (χ4v) is 5.02. The van der Waals surface area contributed by atoms with Crippen molar-refractivity contribution in [1.82, 2.24) is 36.0 Å². The first-order valence-corrected chi connectivity index (χ1v) is 13.0. The van der Waals surface area contributed by atoms with Gasteiger partial charge in [-0.2, -0.15) is 10.1 Å². The molecule has 10 nitrogen and oxygen atoms in total. The van der Waals surface area contributed by atoms with Gasteiger partial charge < -0.3 is 20.5 Å². The van der Waals surface area contributed by atoms with E-state index in [9.17, 15) is 4.79 Å². The average Bonchev–Trinajstić information content (AvgIpc) is 3.29. The van der Waals surface area contributed by atoms with E-state index < -0.39 is 11.4 Å². The molecular formula is C27H31FN8O2. The molecule has 6 rings (SSSR count). The van der Waals surface area contributed by atoms with Gasteiger partial charge in [-0.3, -0.25) is 9.89 Å².